The predicted octanol–water partition coefficient (Wildman–Crippen LogP) is 3.16. The van der Waals surface area contributed by atoms with E-state index in [1.165, 1.54) is 25.1 Å². The summed E-state index contributed by atoms with van der Waals surface area (Å²) in [6.07, 6.45) is 0.643. The quantitative estimate of drug-likeness (QED) is 0.690. The van der Waals surface area contributed by atoms with Gasteiger partial charge >= 0.3 is 0 Å². The van der Waals surface area contributed by atoms with E-state index in [9.17, 15) is 18.3 Å². The van der Waals surface area contributed by atoms with Crippen LogP contribution in [0.15, 0.2) is 47.4 Å². The molecule has 0 unspecified atom stereocenters. The summed E-state index contributed by atoms with van der Waals surface area (Å²) in [5.74, 6) is 0.182. The van der Waals surface area contributed by atoms with E-state index in [0.717, 1.165) is 11.3 Å². The Bertz CT molecular complexity index is 877. The van der Waals surface area contributed by atoms with Gasteiger partial charge in [0.2, 0.25) is 5.91 Å². The van der Waals surface area contributed by atoms with Gasteiger partial charge in [-0.2, -0.15) is 0 Å². The van der Waals surface area contributed by atoms with E-state index in [4.69, 9.17) is 4.74 Å². The van der Waals surface area contributed by atoms with Crippen LogP contribution in [0.25, 0.3) is 0 Å². The van der Waals surface area contributed by atoms with Gasteiger partial charge in [-0.05, 0) is 43.2 Å². The van der Waals surface area contributed by atoms with Gasteiger partial charge in [0.25, 0.3) is 0 Å². The molecule has 0 aliphatic heterocycles. The number of aryl methyl sites for hydroxylation is 1. The lowest BCUT2D eigenvalue weighted by molar-refractivity contribution is -0.116. The summed E-state index contributed by atoms with van der Waals surface area (Å²) in [6, 6.07) is 11.4. The number of anilines is 1. The number of hydrogen-bond acceptors (Lipinski definition) is 5. The van der Waals surface area contributed by atoms with Crippen LogP contribution in [0.4, 0.5) is 5.69 Å². The van der Waals surface area contributed by atoms with Gasteiger partial charge in [0.15, 0.2) is 9.84 Å². The number of carbonyl (C=O) groups excluding carboxylic acids is 1. The maximum absolute atomic E-state index is 12.2. The highest BCUT2D eigenvalue weighted by Gasteiger charge is 2.15. The van der Waals surface area contributed by atoms with Crippen LogP contribution in [0.5, 0.6) is 11.5 Å². The van der Waals surface area contributed by atoms with Crippen LogP contribution < -0.4 is 10.1 Å². The summed E-state index contributed by atoms with van der Waals surface area (Å²) in [5, 5.41) is 12.5. The fourth-order valence-electron chi connectivity index (χ4n) is 2.44. The molecule has 0 aliphatic rings. The van der Waals surface area contributed by atoms with Gasteiger partial charge in [-0.15, -0.1) is 0 Å². The first kappa shape index (κ1) is 19.8. The number of hydrogen-bond donors (Lipinski definition) is 2. The Labute approximate surface area is 153 Å². The molecular weight excluding hydrogens is 354 g/mol. The van der Waals surface area contributed by atoms with Crippen molar-refractivity contribution < 1.29 is 23.1 Å². The van der Waals surface area contributed by atoms with Crippen LogP contribution >= 0.6 is 0 Å². The van der Waals surface area contributed by atoms with Crippen molar-refractivity contribution in [1.29, 1.82) is 0 Å². The molecule has 26 heavy (non-hydrogen) atoms. The Balaban J connectivity index is 2.08. The van der Waals surface area contributed by atoms with Gasteiger partial charge < -0.3 is 15.2 Å². The predicted molar refractivity (Wildman–Crippen MR) is 100 cm³/mol. The Hall–Kier alpha value is -2.54. The first-order chi connectivity index (χ1) is 12.4. The largest absolute Gasteiger partial charge is 0.506 e. The number of nitrogens with one attached hydrogen (secondary N) is 1. The molecule has 0 fully saturated rings. The third-order valence-corrected chi connectivity index (χ3v) is 5.61. The minimum absolute atomic E-state index is 0.0562. The third-order valence-electron chi connectivity index (χ3n) is 3.88. The van der Waals surface area contributed by atoms with E-state index in [1.54, 1.807) is 0 Å². The lowest BCUT2D eigenvalue weighted by atomic mass is 10.1. The molecule has 0 atom stereocenters. The first-order valence-electron chi connectivity index (χ1n) is 8.43. The van der Waals surface area contributed by atoms with Gasteiger partial charge in [0.05, 0.1) is 22.9 Å². The summed E-state index contributed by atoms with van der Waals surface area (Å²) in [7, 11) is -3.42. The number of rotatable bonds is 8. The van der Waals surface area contributed by atoms with E-state index in [1.807, 2.05) is 31.2 Å². The topological polar surface area (TPSA) is 92.7 Å². The summed E-state index contributed by atoms with van der Waals surface area (Å²) >= 11 is 0. The molecule has 1 amide bonds. The molecule has 2 aromatic carbocycles. The fourth-order valence-corrected chi connectivity index (χ4v) is 3.35. The Morgan fingerprint density at radius 3 is 2.58 bits per heavy atom. The van der Waals surface area contributed by atoms with Crippen molar-refractivity contribution >= 4 is 21.4 Å². The highest BCUT2D eigenvalue weighted by molar-refractivity contribution is 7.91. The standard InChI is InChI=1S/C19H23NO5S/c1-3-25-18-8-6-5-7-14(18)9-12-19(22)20-16-13-15(10-11-17(16)21)26(23,24)4-2/h5-8,10-11,13,21H,3-4,9,12H2,1-2H3,(H,20,22). The van der Waals surface area contributed by atoms with Crippen LogP contribution in [0.3, 0.4) is 0 Å². The monoisotopic (exact) mass is 377 g/mol. The molecule has 0 saturated carbocycles. The third kappa shape index (κ3) is 4.98. The second-order valence-corrected chi connectivity index (χ2v) is 7.95. The number of sulfone groups is 1. The van der Waals surface area contributed by atoms with Gasteiger partial charge in [0.1, 0.15) is 11.5 Å². The average Bonchev–Trinajstić information content (AvgIpc) is 2.63. The minimum atomic E-state index is -3.42. The zero-order valence-corrected chi connectivity index (χ0v) is 15.7. The van der Waals surface area contributed by atoms with Crippen molar-refractivity contribution in [1.82, 2.24) is 0 Å². The molecule has 0 aromatic heterocycles. The lowest BCUT2D eigenvalue weighted by Gasteiger charge is -2.11. The molecular formula is C19H23NO5S. The van der Waals surface area contributed by atoms with Gasteiger partial charge in [-0.3, -0.25) is 4.79 Å². The van der Waals surface area contributed by atoms with Crippen LogP contribution in [0.2, 0.25) is 0 Å². The maximum Gasteiger partial charge on any atom is 0.224 e. The van der Waals surface area contributed by atoms with Crippen LogP contribution in [-0.4, -0.2) is 31.8 Å². The van der Waals surface area contributed by atoms with Gasteiger partial charge in [0, 0.05) is 6.42 Å². The molecule has 2 N–H and O–H groups in total. The number of carbonyl (C=O) groups is 1. The summed E-state index contributed by atoms with van der Waals surface area (Å²) in [5.41, 5.74) is 0.999. The molecule has 0 saturated heterocycles. The fraction of sp³-hybridized carbons (Fsp3) is 0.316. The van der Waals surface area contributed by atoms with E-state index in [0.29, 0.717) is 13.0 Å². The number of para-hydroxylation sites is 1. The maximum atomic E-state index is 12.2. The summed E-state index contributed by atoms with van der Waals surface area (Å²) in [4.78, 5) is 12.3. The normalized spacial score (nSPS) is 11.2. The van der Waals surface area contributed by atoms with E-state index < -0.39 is 9.84 Å². The van der Waals surface area contributed by atoms with Crippen molar-refractivity contribution in [3.63, 3.8) is 0 Å². The zero-order chi connectivity index (χ0) is 19.2. The summed E-state index contributed by atoms with van der Waals surface area (Å²) in [6.45, 7) is 3.97. The lowest BCUT2D eigenvalue weighted by Crippen LogP contribution is -2.13. The Morgan fingerprint density at radius 2 is 1.88 bits per heavy atom. The number of aromatic hydroxyl groups is 1. The Kier molecular flexibility index (Phi) is 6.63. The average molecular weight is 377 g/mol. The summed E-state index contributed by atoms with van der Waals surface area (Å²) < 4.78 is 29.4. The van der Waals surface area contributed by atoms with Crippen LogP contribution in [0, 0.1) is 0 Å². The number of amides is 1. The highest BCUT2D eigenvalue weighted by Crippen LogP contribution is 2.27. The molecule has 2 aromatic rings. The van der Waals surface area contributed by atoms with Crippen molar-refractivity contribution in [2.75, 3.05) is 17.7 Å². The SMILES string of the molecule is CCOc1ccccc1CCC(=O)Nc1cc(S(=O)(=O)CC)ccc1O. The van der Waals surface area contributed by atoms with E-state index >= 15 is 0 Å². The molecule has 0 aliphatic carbocycles. The number of benzene rings is 2. The molecule has 0 spiro atoms. The van der Waals surface area contributed by atoms with Crippen molar-refractivity contribution in [3.8, 4) is 11.5 Å². The Morgan fingerprint density at radius 1 is 1.15 bits per heavy atom. The van der Waals surface area contributed by atoms with E-state index in [2.05, 4.69) is 5.32 Å². The first-order valence-corrected chi connectivity index (χ1v) is 10.1. The van der Waals surface area contributed by atoms with Crippen molar-refractivity contribution in [3.05, 3.63) is 48.0 Å². The second kappa shape index (κ2) is 8.71. The smallest absolute Gasteiger partial charge is 0.224 e. The molecule has 140 valence electrons. The molecule has 0 bridgehead atoms. The molecule has 6 nitrogen and oxygen atoms in total. The van der Waals surface area contributed by atoms with Crippen LogP contribution in [0.1, 0.15) is 25.8 Å². The highest BCUT2D eigenvalue weighted by atomic mass is 32.2. The zero-order valence-electron chi connectivity index (χ0n) is 14.9. The minimum Gasteiger partial charge on any atom is -0.506 e. The molecule has 2 rings (SSSR count). The van der Waals surface area contributed by atoms with Crippen molar-refractivity contribution in [2.24, 2.45) is 0 Å². The number of ether oxygens (including phenoxy) is 1. The second-order valence-electron chi connectivity index (χ2n) is 5.67. The van der Waals surface area contributed by atoms with Gasteiger partial charge in [-0.25, -0.2) is 8.42 Å². The number of phenols is 1. The van der Waals surface area contributed by atoms with Gasteiger partial charge in [-0.1, -0.05) is 25.1 Å². The van der Waals surface area contributed by atoms with Crippen molar-refractivity contribution in [2.45, 2.75) is 31.6 Å². The van der Waals surface area contributed by atoms with E-state index in [-0.39, 0.29) is 34.4 Å². The molecule has 0 heterocycles. The molecule has 7 heteroatoms. The number of phenolic OH excluding ortho intramolecular Hbond substituents is 1. The molecule has 0 radical (unpaired) electrons. The van der Waals surface area contributed by atoms with Crippen LogP contribution in [-0.2, 0) is 21.1 Å².